The van der Waals surface area contributed by atoms with Gasteiger partial charge in [0.1, 0.15) is 0 Å². The van der Waals surface area contributed by atoms with Gasteiger partial charge >= 0.3 is 0 Å². The van der Waals surface area contributed by atoms with E-state index in [-0.39, 0.29) is 27.6 Å². The van der Waals surface area contributed by atoms with Gasteiger partial charge in [-0.2, -0.15) is 0 Å². The normalized spacial score (nSPS) is 27.0. The molecule has 1 aliphatic heterocycles. The molecule has 0 unspecified atom stereocenters. The van der Waals surface area contributed by atoms with E-state index < -0.39 is 5.92 Å². The van der Waals surface area contributed by atoms with E-state index in [0.717, 1.165) is 25.7 Å². The molecular formula is C18H39F2N3O. The first-order valence-corrected chi connectivity index (χ1v) is 9.47. The van der Waals surface area contributed by atoms with E-state index in [0.29, 0.717) is 32.1 Å². The van der Waals surface area contributed by atoms with E-state index in [1.807, 2.05) is 11.9 Å². The van der Waals surface area contributed by atoms with Gasteiger partial charge in [-0.3, -0.25) is 4.79 Å². The van der Waals surface area contributed by atoms with Crippen LogP contribution in [0.2, 0.25) is 0 Å². The second-order valence-electron chi connectivity index (χ2n) is 7.06. The van der Waals surface area contributed by atoms with Crippen molar-refractivity contribution in [2.24, 2.45) is 0 Å². The SMILES string of the molecule is CCC.CNC1CCC(NC(=O)CCN2CCC(F)(F)CC2)CC1.[HH].[HH]. The zero-order valence-corrected chi connectivity index (χ0v) is 15.5. The predicted octanol–water partition coefficient (Wildman–Crippen LogP) is 3.66. The summed E-state index contributed by atoms with van der Waals surface area (Å²) in [6.07, 6.45) is 5.74. The van der Waals surface area contributed by atoms with Crippen molar-refractivity contribution in [3.8, 4) is 0 Å². The summed E-state index contributed by atoms with van der Waals surface area (Å²) in [5.74, 6) is -2.45. The molecule has 2 N–H and O–H groups in total. The number of nitrogens with one attached hydrogen (secondary N) is 2. The number of alkyl halides is 2. The van der Waals surface area contributed by atoms with Crippen LogP contribution in [0.1, 0.15) is 68.1 Å². The maximum absolute atomic E-state index is 13.0. The van der Waals surface area contributed by atoms with Gasteiger partial charge in [-0.1, -0.05) is 20.3 Å². The molecule has 0 aromatic rings. The van der Waals surface area contributed by atoms with Crippen molar-refractivity contribution in [2.75, 3.05) is 26.7 Å². The summed E-state index contributed by atoms with van der Waals surface area (Å²) in [5.41, 5.74) is 0. The van der Waals surface area contributed by atoms with Gasteiger partial charge in [-0.15, -0.1) is 0 Å². The quantitative estimate of drug-likeness (QED) is 0.794. The monoisotopic (exact) mass is 351 g/mol. The van der Waals surface area contributed by atoms with Gasteiger partial charge in [-0.05, 0) is 32.7 Å². The molecule has 1 amide bonds. The smallest absolute Gasteiger partial charge is 0.250 e. The molecule has 1 heterocycles. The van der Waals surface area contributed by atoms with Crippen molar-refractivity contribution in [1.29, 1.82) is 0 Å². The molecule has 4 nitrogen and oxygen atoms in total. The average molecular weight is 352 g/mol. The molecular weight excluding hydrogens is 312 g/mol. The molecule has 0 aromatic heterocycles. The first kappa shape index (κ1) is 21.3. The highest BCUT2D eigenvalue weighted by Crippen LogP contribution is 2.27. The third-order valence-corrected chi connectivity index (χ3v) is 4.74. The lowest BCUT2D eigenvalue weighted by Gasteiger charge is -2.32. The van der Waals surface area contributed by atoms with Gasteiger partial charge in [0.25, 0.3) is 5.92 Å². The molecule has 0 spiro atoms. The van der Waals surface area contributed by atoms with Crippen LogP contribution in [-0.2, 0) is 4.79 Å². The first-order valence-electron chi connectivity index (χ1n) is 9.47. The van der Waals surface area contributed by atoms with E-state index in [1.165, 1.54) is 6.42 Å². The Labute approximate surface area is 148 Å². The highest BCUT2D eigenvalue weighted by molar-refractivity contribution is 5.76. The van der Waals surface area contributed by atoms with Crippen LogP contribution in [-0.4, -0.2) is 55.5 Å². The zero-order valence-electron chi connectivity index (χ0n) is 15.5. The minimum atomic E-state index is -2.51. The number of rotatable bonds is 5. The molecule has 1 aliphatic carbocycles. The third-order valence-electron chi connectivity index (χ3n) is 4.74. The molecule has 1 saturated heterocycles. The number of carbonyl (C=O) groups is 1. The van der Waals surface area contributed by atoms with Crippen molar-refractivity contribution in [2.45, 2.75) is 83.2 Å². The summed E-state index contributed by atoms with van der Waals surface area (Å²) < 4.78 is 26.1. The van der Waals surface area contributed by atoms with E-state index in [1.54, 1.807) is 0 Å². The van der Waals surface area contributed by atoms with Crippen molar-refractivity contribution in [3.63, 3.8) is 0 Å². The Hall–Kier alpha value is -0.750. The van der Waals surface area contributed by atoms with E-state index in [2.05, 4.69) is 24.5 Å². The molecule has 6 heteroatoms. The summed E-state index contributed by atoms with van der Waals surface area (Å²) in [6, 6.07) is 0.862. The summed E-state index contributed by atoms with van der Waals surface area (Å²) in [7, 11) is 1.98. The molecule has 24 heavy (non-hydrogen) atoms. The Balaban J connectivity index is 0. The second-order valence-corrected chi connectivity index (χ2v) is 7.06. The standard InChI is InChI=1S/C15H27F2N3O.C3H8.2H2/c1-18-12-2-4-13(5-3-12)19-14(21)6-9-20-10-7-15(16,17)8-11-20;1-3-2;;/h12-13,18H,2-11H2,1H3,(H,19,21);3H2,1-2H3;2*1H. The van der Waals surface area contributed by atoms with Gasteiger partial charge in [0.15, 0.2) is 0 Å². The lowest BCUT2D eigenvalue weighted by molar-refractivity contribution is -0.122. The van der Waals surface area contributed by atoms with E-state index in [9.17, 15) is 13.6 Å². The molecule has 1 saturated carbocycles. The van der Waals surface area contributed by atoms with Gasteiger partial charge in [0.05, 0.1) is 0 Å². The molecule has 0 radical (unpaired) electrons. The van der Waals surface area contributed by atoms with Gasteiger partial charge in [-0.25, -0.2) is 8.78 Å². The maximum atomic E-state index is 13.0. The lowest BCUT2D eigenvalue weighted by atomic mass is 9.91. The second kappa shape index (κ2) is 11.0. The summed E-state index contributed by atoms with van der Waals surface area (Å²) in [6.45, 7) is 5.63. The van der Waals surface area contributed by atoms with Crippen LogP contribution in [0.25, 0.3) is 0 Å². The number of hydrogen-bond donors (Lipinski definition) is 2. The number of likely N-dealkylation sites (tertiary alicyclic amines) is 1. The van der Waals surface area contributed by atoms with Crippen LogP contribution >= 0.6 is 0 Å². The van der Waals surface area contributed by atoms with Crippen LogP contribution in [0.5, 0.6) is 0 Å². The Morgan fingerprint density at radius 3 is 2.12 bits per heavy atom. The Bertz CT molecular complexity index is 358. The molecule has 0 atom stereocenters. The maximum Gasteiger partial charge on any atom is 0.250 e. The Morgan fingerprint density at radius 1 is 1.12 bits per heavy atom. The Kier molecular flexibility index (Phi) is 9.74. The number of halogens is 2. The van der Waals surface area contributed by atoms with Crippen LogP contribution in [0.15, 0.2) is 0 Å². The fourth-order valence-corrected chi connectivity index (χ4v) is 3.19. The number of nitrogens with zero attached hydrogens (tertiary/aromatic N) is 1. The Morgan fingerprint density at radius 2 is 1.62 bits per heavy atom. The average Bonchev–Trinajstić information content (AvgIpc) is 2.55. The van der Waals surface area contributed by atoms with Gasteiger partial charge < -0.3 is 15.5 Å². The van der Waals surface area contributed by atoms with Crippen molar-refractivity contribution < 1.29 is 16.4 Å². The van der Waals surface area contributed by atoms with Crippen LogP contribution in [0.4, 0.5) is 8.78 Å². The van der Waals surface area contributed by atoms with Crippen LogP contribution < -0.4 is 10.6 Å². The van der Waals surface area contributed by atoms with Gasteiger partial charge in [0.2, 0.25) is 5.91 Å². The first-order chi connectivity index (χ1) is 11.4. The molecule has 2 aliphatic rings. The van der Waals surface area contributed by atoms with Crippen LogP contribution in [0, 0.1) is 0 Å². The fourth-order valence-electron chi connectivity index (χ4n) is 3.19. The predicted molar refractivity (Wildman–Crippen MR) is 98.7 cm³/mol. The molecule has 2 fully saturated rings. The number of carbonyl (C=O) groups excluding carboxylic acids is 1. The minimum Gasteiger partial charge on any atom is -0.353 e. The summed E-state index contributed by atoms with van der Waals surface area (Å²) in [5, 5.41) is 6.35. The fraction of sp³-hybridized carbons (Fsp3) is 0.944. The topological polar surface area (TPSA) is 44.4 Å². The highest BCUT2D eigenvalue weighted by Gasteiger charge is 2.33. The molecule has 2 rings (SSSR count). The minimum absolute atomic E-state index is 0. The summed E-state index contributed by atoms with van der Waals surface area (Å²) >= 11 is 0. The van der Waals surface area contributed by atoms with Crippen molar-refractivity contribution in [1.82, 2.24) is 15.5 Å². The van der Waals surface area contributed by atoms with E-state index in [4.69, 9.17) is 0 Å². The number of piperidine rings is 1. The molecule has 0 aromatic carbocycles. The lowest BCUT2D eigenvalue weighted by Crippen LogP contribution is -2.43. The molecule has 146 valence electrons. The highest BCUT2D eigenvalue weighted by atomic mass is 19.3. The zero-order chi connectivity index (χ0) is 18.0. The van der Waals surface area contributed by atoms with Crippen molar-refractivity contribution >= 4 is 5.91 Å². The summed E-state index contributed by atoms with van der Waals surface area (Å²) in [4.78, 5) is 13.9. The third kappa shape index (κ3) is 8.38. The largest absolute Gasteiger partial charge is 0.353 e. The van der Waals surface area contributed by atoms with E-state index >= 15 is 0 Å². The van der Waals surface area contributed by atoms with Gasteiger partial charge in [0, 0.05) is 53.8 Å². The van der Waals surface area contributed by atoms with Crippen molar-refractivity contribution in [3.05, 3.63) is 0 Å². The molecule has 0 bridgehead atoms. The number of hydrogen-bond acceptors (Lipinski definition) is 3. The van der Waals surface area contributed by atoms with Crippen LogP contribution in [0.3, 0.4) is 0 Å². The number of amides is 1.